The topological polar surface area (TPSA) is 15.3 Å². The highest BCUT2D eigenvalue weighted by atomic mass is 35.5. The molecule has 0 bridgehead atoms. The molecule has 1 saturated carbocycles. The predicted octanol–water partition coefficient (Wildman–Crippen LogP) is 1.25. The summed E-state index contributed by atoms with van der Waals surface area (Å²) in [7, 11) is 2.22. The molecule has 0 amide bonds. The lowest BCUT2D eigenvalue weighted by molar-refractivity contribution is 0.226. The zero-order chi connectivity index (χ0) is 7.68. The molecule has 1 aliphatic carbocycles. The summed E-state index contributed by atoms with van der Waals surface area (Å²) in [6.45, 7) is 2.55. The maximum Gasteiger partial charge on any atom is 0.0197 e. The van der Waals surface area contributed by atoms with Crippen molar-refractivity contribution in [2.45, 2.75) is 37.8 Å². The van der Waals surface area contributed by atoms with Crippen LogP contribution in [-0.4, -0.2) is 37.1 Å². The first-order valence-corrected chi connectivity index (χ1v) is 4.79. The number of nitrogens with one attached hydrogen (secondary N) is 1. The van der Waals surface area contributed by atoms with Crippen LogP contribution < -0.4 is 5.32 Å². The van der Waals surface area contributed by atoms with Crippen LogP contribution in [0.1, 0.15) is 25.7 Å². The van der Waals surface area contributed by atoms with Gasteiger partial charge in [0.15, 0.2) is 0 Å². The Morgan fingerprint density at radius 2 is 1.92 bits per heavy atom. The highest BCUT2D eigenvalue weighted by Crippen LogP contribution is 2.21. The van der Waals surface area contributed by atoms with Gasteiger partial charge in [0.25, 0.3) is 0 Å². The number of hydrogen-bond donors (Lipinski definition) is 1. The second kappa shape index (κ2) is 4.45. The fourth-order valence-corrected chi connectivity index (χ4v) is 1.89. The molecule has 1 saturated heterocycles. The van der Waals surface area contributed by atoms with Crippen LogP contribution >= 0.6 is 12.4 Å². The highest BCUT2D eigenvalue weighted by molar-refractivity contribution is 5.85. The van der Waals surface area contributed by atoms with Gasteiger partial charge in [-0.05, 0) is 39.3 Å². The summed E-state index contributed by atoms with van der Waals surface area (Å²) < 4.78 is 0. The van der Waals surface area contributed by atoms with Crippen LogP contribution in [0.25, 0.3) is 0 Å². The van der Waals surface area contributed by atoms with Crippen LogP contribution in [0, 0.1) is 0 Å². The number of rotatable bonds is 2. The van der Waals surface area contributed by atoms with E-state index < -0.39 is 0 Å². The van der Waals surface area contributed by atoms with E-state index in [1.807, 2.05) is 0 Å². The second-order valence-electron chi connectivity index (χ2n) is 4.04. The average molecular weight is 191 g/mol. The first-order chi connectivity index (χ1) is 5.34. The van der Waals surface area contributed by atoms with Crippen LogP contribution in [0.15, 0.2) is 0 Å². The average Bonchev–Trinajstić information content (AvgIpc) is 2.71. The van der Waals surface area contributed by atoms with Gasteiger partial charge in [-0.25, -0.2) is 0 Å². The molecule has 0 radical (unpaired) electrons. The van der Waals surface area contributed by atoms with Gasteiger partial charge in [-0.2, -0.15) is 0 Å². The molecule has 1 aliphatic heterocycles. The third kappa shape index (κ3) is 2.92. The summed E-state index contributed by atoms with van der Waals surface area (Å²) in [5, 5.41) is 3.68. The lowest BCUT2D eigenvalue weighted by atomic mass is 10.1. The van der Waals surface area contributed by atoms with Gasteiger partial charge in [-0.3, -0.25) is 0 Å². The molecule has 12 heavy (non-hydrogen) atoms. The molecule has 1 N–H and O–H groups in total. The minimum Gasteiger partial charge on any atom is -0.310 e. The molecule has 0 spiro atoms. The Kier molecular flexibility index (Phi) is 3.81. The number of likely N-dealkylation sites (N-methyl/N-ethyl adjacent to an activating group) is 1. The molecule has 2 nitrogen and oxygen atoms in total. The Morgan fingerprint density at radius 1 is 1.17 bits per heavy atom. The molecule has 0 unspecified atom stereocenters. The standard InChI is InChI=1S/C9H18N2.ClH/c1-11-6-2-3-9(7-11)10-8-4-5-8;/h8-10H,2-7H2,1H3;1H/t9-;/m0./s1. The van der Waals surface area contributed by atoms with Gasteiger partial charge < -0.3 is 10.2 Å². The fourth-order valence-electron chi connectivity index (χ4n) is 1.89. The molecular weight excluding hydrogens is 172 g/mol. The van der Waals surface area contributed by atoms with E-state index in [4.69, 9.17) is 0 Å². The molecule has 1 atom stereocenters. The van der Waals surface area contributed by atoms with E-state index in [-0.39, 0.29) is 12.4 Å². The van der Waals surface area contributed by atoms with Crippen molar-refractivity contribution in [3.05, 3.63) is 0 Å². The molecule has 2 fully saturated rings. The Balaban J connectivity index is 0.000000720. The zero-order valence-corrected chi connectivity index (χ0v) is 8.57. The highest BCUT2D eigenvalue weighted by Gasteiger charge is 2.26. The van der Waals surface area contributed by atoms with Crippen molar-refractivity contribution >= 4 is 12.4 Å². The van der Waals surface area contributed by atoms with Crippen LogP contribution in [0.5, 0.6) is 0 Å². The third-order valence-corrected chi connectivity index (χ3v) is 2.67. The van der Waals surface area contributed by atoms with Gasteiger partial charge in [0.1, 0.15) is 0 Å². The van der Waals surface area contributed by atoms with Gasteiger partial charge in [0.2, 0.25) is 0 Å². The van der Waals surface area contributed by atoms with Crippen molar-refractivity contribution < 1.29 is 0 Å². The zero-order valence-electron chi connectivity index (χ0n) is 7.75. The molecule has 0 aromatic rings. The van der Waals surface area contributed by atoms with Gasteiger partial charge in [0, 0.05) is 18.6 Å². The smallest absolute Gasteiger partial charge is 0.0197 e. The van der Waals surface area contributed by atoms with Gasteiger partial charge in [-0.15, -0.1) is 12.4 Å². The van der Waals surface area contributed by atoms with Gasteiger partial charge in [-0.1, -0.05) is 0 Å². The molecule has 2 aliphatic rings. The third-order valence-electron chi connectivity index (χ3n) is 2.67. The monoisotopic (exact) mass is 190 g/mol. The van der Waals surface area contributed by atoms with Crippen molar-refractivity contribution in [3.63, 3.8) is 0 Å². The van der Waals surface area contributed by atoms with E-state index in [0.717, 1.165) is 12.1 Å². The summed E-state index contributed by atoms with van der Waals surface area (Å²) in [5.74, 6) is 0. The Bertz CT molecular complexity index is 134. The van der Waals surface area contributed by atoms with Crippen molar-refractivity contribution in [1.29, 1.82) is 0 Å². The molecule has 3 heteroatoms. The fraction of sp³-hybridized carbons (Fsp3) is 1.00. The number of nitrogens with zero attached hydrogens (tertiary/aromatic N) is 1. The molecule has 1 heterocycles. The summed E-state index contributed by atoms with van der Waals surface area (Å²) in [6.07, 6.45) is 5.60. The summed E-state index contributed by atoms with van der Waals surface area (Å²) in [5.41, 5.74) is 0. The molecule has 2 rings (SSSR count). The summed E-state index contributed by atoms with van der Waals surface area (Å²) in [4.78, 5) is 2.43. The van der Waals surface area contributed by atoms with E-state index in [0.29, 0.717) is 0 Å². The van der Waals surface area contributed by atoms with E-state index >= 15 is 0 Å². The SMILES string of the molecule is CN1CCC[C@H](NC2CC2)C1.Cl. The largest absolute Gasteiger partial charge is 0.310 e. The lowest BCUT2D eigenvalue weighted by Crippen LogP contribution is -2.44. The van der Waals surface area contributed by atoms with Gasteiger partial charge >= 0.3 is 0 Å². The summed E-state index contributed by atoms with van der Waals surface area (Å²) in [6, 6.07) is 1.67. The van der Waals surface area contributed by atoms with Crippen LogP contribution in [-0.2, 0) is 0 Å². The quantitative estimate of drug-likeness (QED) is 0.706. The number of piperidine rings is 1. The molecule has 0 aromatic heterocycles. The lowest BCUT2D eigenvalue weighted by Gasteiger charge is -2.30. The minimum absolute atomic E-state index is 0. The van der Waals surface area contributed by atoms with Crippen molar-refractivity contribution in [2.75, 3.05) is 20.1 Å². The predicted molar refractivity (Wildman–Crippen MR) is 53.9 cm³/mol. The number of halogens is 1. The van der Waals surface area contributed by atoms with Crippen molar-refractivity contribution in [2.24, 2.45) is 0 Å². The first kappa shape index (κ1) is 10.3. The van der Waals surface area contributed by atoms with Gasteiger partial charge in [0.05, 0.1) is 0 Å². The maximum absolute atomic E-state index is 3.68. The summed E-state index contributed by atoms with van der Waals surface area (Å²) >= 11 is 0. The molecule has 0 aromatic carbocycles. The minimum atomic E-state index is 0. The molecule has 72 valence electrons. The first-order valence-electron chi connectivity index (χ1n) is 4.79. The van der Waals surface area contributed by atoms with E-state index in [1.54, 1.807) is 0 Å². The number of hydrogen-bond acceptors (Lipinski definition) is 2. The second-order valence-corrected chi connectivity index (χ2v) is 4.04. The maximum atomic E-state index is 3.68. The Morgan fingerprint density at radius 3 is 2.50 bits per heavy atom. The van der Waals surface area contributed by atoms with Crippen molar-refractivity contribution in [3.8, 4) is 0 Å². The molecular formula is C9H19ClN2. The Hall–Kier alpha value is 0.210. The van der Waals surface area contributed by atoms with E-state index in [1.165, 1.54) is 38.8 Å². The normalized spacial score (nSPS) is 31.2. The van der Waals surface area contributed by atoms with Crippen LogP contribution in [0.3, 0.4) is 0 Å². The van der Waals surface area contributed by atoms with E-state index in [9.17, 15) is 0 Å². The van der Waals surface area contributed by atoms with Crippen LogP contribution in [0.4, 0.5) is 0 Å². The number of likely N-dealkylation sites (tertiary alicyclic amines) is 1. The van der Waals surface area contributed by atoms with Crippen molar-refractivity contribution in [1.82, 2.24) is 10.2 Å². The Labute approximate surface area is 81.1 Å². The van der Waals surface area contributed by atoms with E-state index in [2.05, 4.69) is 17.3 Å². The van der Waals surface area contributed by atoms with Crippen LogP contribution in [0.2, 0.25) is 0 Å².